The molecule has 1 spiro atoms. The van der Waals surface area contributed by atoms with Gasteiger partial charge in [-0.25, -0.2) is 18.7 Å². The lowest BCUT2D eigenvalue weighted by molar-refractivity contribution is -0.228. The number of benzene rings is 1. The molecule has 1 unspecified atom stereocenters. The molecule has 3 fully saturated rings. The standard InChI is InChI=1S/C15H13F2N3O.C15H18N2O3.C2H2O/c16-13(17)14-18-11-9-5-1-2-6-10(9)21-12(11)15(19-14)20-7-3-4-8-20;1-3-4-12-7-13(14(18)16-8-12)17-5-6-20-15(11(17)2)9-19-10-15;1-2-3/h1-2,5-6,13H,3-4,7-8H2;7-8,11H,5-6,9-10H2,1-2H3,(H,16,18);1,3H. The topological polar surface area (TPSA) is 117 Å². The molecule has 0 amide bonds. The van der Waals surface area contributed by atoms with Gasteiger partial charge in [-0.1, -0.05) is 24.5 Å². The molecule has 4 aromatic rings. The molecule has 0 bridgehead atoms. The van der Waals surface area contributed by atoms with E-state index in [0.717, 1.165) is 36.9 Å². The first-order valence-electron chi connectivity index (χ1n) is 14.3. The zero-order chi connectivity index (χ0) is 31.3. The van der Waals surface area contributed by atoms with Crippen LogP contribution in [-0.2, 0) is 9.47 Å². The van der Waals surface area contributed by atoms with Gasteiger partial charge in [-0.05, 0) is 44.9 Å². The van der Waals surface area contributed by atoms with Gasteiger partial charge in [0.1, 0.15) is 28.5 Å². The number of aliphatic hydroxyl groups excluding tert-OH is 1. The monoisotopic (exact) mass is 605 g/mol. The molecule has 1 aromatic carbocycles. The highest BCUT2D eigenvalue weighted by Crippen LogP contribution is 2.36. The Morgan fingerprint density at radius 1 is 1.18 bits per heavy atom. The SMILES string of the molecule is C#CO.CC#Cc1c[nH]c(=O)c(N2CCOC3(COC3)C2C)c1.FC(F)c1nc(N2CCCC2)c2oc3ccccc3c2n1. The van der Waals surface area contributed by atoms with Crippen molar-refractivity contribution in [3.05, 3.63) is 58.3 Å². The number of nitrogens with zero attached hydrogens (tertiary/aromatic N) is 4. The molecule has 6 heterocycles. The van der Waals surface area contributed by atoms with Crippen LogP contribution >= 0.6 is 0 Å². The Morgan fingerprint density at radius 2 is 1.91 bits per heavy atom. The molecular weight excluding hydrogens is 572 g/mol. The number of ether oxygens (including phenoxy) is 2. The molecule has 3 aliphatic rings. The third-order valence-electron chi connectivity index (χ3n) is 7.93. The number of fused-ring (bicyclic) bond motifs is 3. The molecule has 2 N–H and O–H groups in total. The Kier molecular flexibility index (Phi) is 9.33. The van der Waals surface area contributed by atoms with E-state index in [0.29, 0.717) is 54.6 Å². The van der Waals surface area contributed by atoms with Gasteiger partial charge in [-0.2, -0.15) is 0 Å². The number of H-pyrrole nitrogens is 1. The van der Waals surface area contributed by atoms with Gasteiger partial charge < -0.3 is 33.8 Å². The van der Waals surface area contributed by atoms with E-state index in [2.05, 4.69) is 45.0 Å². The number of nitrogens with one attached hydrogen (secondary N) is 1. The third-order valence-corrected chi connectivity index (χ3v) is 7.93. The molecule has 0 aliphatic carbocycles. The zero-order valence-electron chi connectivity index (χ0n) is 24.5. The quantitative estimate of drug-likeness (QED) is 0.323. The Labute approximate surface area is 253 Å². The van der Waals surface area contributed by atoms with Crippen molar-refractivity contribution in [3.63, 3.8) is 0 Å². The number of aromatic nitrogens is 3. The molecule has 3 saturated heterocycles. The number of hydrogen-bond donors (Lipinski definition) is 2. The summed E-state index contributed by atoms with van der Waals surface area (Å²) in [6, 6.07) is 9.29. The van der Waals surface area contributed by atoms with Crippen molar-refractivity contribution in [2.75, 3.05) is 49.3 Å². The number of aliphatic hydroxyl groups is 1. The van der Waals surface area contributed by atoms with E-state index in [4.69, 9.17) is 19.0 Å². The van der Waals surface area contributed by atoms with Crippen LogP contribution in [0, 0.1) is 24.4 Å². The van der Waals surface area contributed by atoms with Crippen molar-refractivity contribution < 1.29 is 27.8 Å². The average molecular weight is 606 g/mol. The van der Waals surface area contributed by atoms with Crippen molar-refractivity contribution in [1.29, 1.82) is 0 Å². The van der Waals surface area contributed by atoms with Gasteiger partial charge in [0, 0.05) is 36.8 Å². The number of aromatic amines is 1. The van der Waals surface area contributed by atoms with Gasteiger partial charge in [-0.3, -0.25) is 4.79 Å². The normalized spacial score (nSPS) is 18.5. The summed E-state index contributed by atoms with van der Waals surface area (Å²) in [6.45, 7) is 7.99. The summed E-state index contributed by atoms with van der Waals surface area (Å²) in [5.74, 6) is 5.88. The highest BCUT2D eigenvalue weighted by atomic mass is 19.3. The molecule has 1 atom stereocenters. The smallest absolute Gasteiger partial charge is 0.297 e. The molecular formula is C32H33F2N5O5. The van der Waals surface area contributed by atoms with E-state index in [9.17, 15) is 13.6 Å². The molecule has 3 aliphatic heterocycles. The molecule has 0 saturated carbocycles. The second-order valence-electron chi connectivity index (χ2n) is 10.6. The fraction of sp³-hybridized carbons (Fsp3) is 0.406. The number of para-hydroxylation sites is 1. The van der Waals surface area contributed by atoms with Crippen LogP contribution in [0.25, 0.3) is 22.1 Å². The first-order valence-corrected chi connectivity index (χ1v) is 14.3. The predicted octanol–water partition coefficient (Wildman–Crippen LogP) is 4.60. The Balaban J connectivity index is 0.000000161. The summed E-state index contributed by atoms with van der Waals surface area (Å²) >= 11 is 0. The highest BCUT2D eigenvalue weighted by Gasteiger charge is 2.50. The number of pyridine rings is 1. The summed E-state index contributed by atoms with van der Waals surface area (Å²) in [5.41, 5.74) is 2.74. The molecule has 10 nitrogen and oxygen atoms in total. The van der Waals surface area contributed by atoms with E-state index in [1.54, 1.807) is 13.1 Å². The number of anilines is 2. The number of alkyl halides is 2. The van der Waals surface area contributed by atoms with E-state index in [1.165, 1.54) is 6.11 Å². The summed E-state index contributed by atoms with van der Waals surface area (Å²) in [6.07, 6.45) is 6.44. The van der Waals surface area contributed by atoms with Gasteiger partial charge in [-0.15, -0.1) is 5.92 Å². The Hall–Kier alpha value is -4.65. The maximum absolute atomic E-state index is 13.1. The van der Waals surface area contributed by atoms with E-state index < -0.39 is 12.2 Å². The van der Waals surface area contributed by atoms with Crippen LogP contribution in [-0.4, -0.2) is 71.2 Å². The van der Waals surface area contributed by atoms with E-state index in [-0.39, 0.29) is 17.2 Å². The Bertz CT molecular complexity index is 1780. The van der Waals surface area contributed by atoms with Crippen LogP contribution in [0.4, 0.5) is 20.3 Å². The summed E-state index contributed by atoms with van der Waals surface area (Å²) in [7, 11) is 0. The number of hydrogen-bond acceptors (Lipinski definition) is 9. The zero-order valence-corrected chi connectivity index (χ0v) is 24.5. The maximum atomic E-state index is 13.1. The van der Waals surface area contributed by atoms with Gasteiger partial charge >= 0.3 is 0 Å². The number of furan rings is 1. The lowest BCUT2D eigenvalue weighted by Crippen LogP contribution is -2.68. The van der Waals surface area contributed by atoms with Crippen LogP contribution in [0.2, 0.25) is 0 Å². The van der Waals surface area contributed by atoms with Gasteiger partial charge in [0.2, 0.25) is 0 Å². The minimum absolute atomic E-state index is 0.0872. The molecule has 12 heteroatoms. The van der Waals surface area contributed by atoms with Crippen molar-refractivity contribution in [2.45, 2.75) is 44.8 Å². The first kappa shape index (κ1) is 30.8. The minimum Gasteiger partial charge on any atom is -0.462 e. The number of rotatable bonds is 3. The molecule has 44 heavy (non-hydrogen) atoms. The molecule has 3 aromatic heterocycles. The number of halogens is 2. The first-order chi connectivity index (χ1) is 21.3. The lowest BCUT2D eigenvalue weighted by Gasteiger charge is -2.53. The van der Waals surface area contributed by atoms with Crippen LogP contribution in [0.1, 0.15) is 44.5 Å². The highest BCUT2D eigenvalue weighted by molar-refractivity contribution is 6.05. The van der Waals surface area contributed by atoms with E-state index in [1.807, 2.05) is 35.2 Å². The second-order valence-corrected chi connectivity index (χ2v) is 10.6. The van der Waals surface area contributed by atoms with Gasteiger partial charge in [0.25, 0.3) is 12.0 Å². The summed E-state index contributed by atoms with van der Waals surface area (Å²) in [5, 5.41) is 7.84. The minimum atomic E-state index is -2.69. The largest absolute Gasteiger partial charge is 0.462 e. The fourth-order valence-electron chi connectivity index (χ4n) is 5.64. The second kappa shape index (κ2) is 13.3. The molecule has 7 rings (SSSR count). The lowest BCUT2D eigenvalue weighted by atomic mass is 9.90. The average Bonchev–Trinajstić information content (AvgIpc) is 3.67. The van der Waals surface area contributed by atoms with Crippen molar-refractivity contribution in [2.24, 2.45) is 0 Å². The predicted molar refractivity (Wildman–Crippen MR) is 162 cm³/mol. The third kappa shape index (κ3) is 6.05. The molecule has 0 radical (unpaired) electrons. The van der Waals surface area contributed by atoms with Crippen molar-refractivity contribution in [3.8, 4) is 24.4 Å². The fourth-order valence-corrected chi connectivity index (χ4v) is 5.64. The van der Waals surface area contributed by atoms with E-state index >= 15 is 0 Å². The van der Waals surface area contributed by atoms with Gasteiger partial charge in [0.05, 0.1) is 25.9 Å². The van der Waals surface area contributed by atoms with Gasteiger partial charge in [0.15, 0.2) is 17.2 Å². The number of terminal acetylenes is 1. The van der Waals surface area contributed by atoms with Crippen LogP contribution in [0.15, 0.2) is 45.7 Å². The maximum Gasteiger partial charge on any atom is 0.297 e. The summed E-state index contributed by atoms with van der Waals surface area (Å²) in [4.78, 5) is 27.0. The van der Waals surface area contributed by atoms with Crippen LogP contribution < -0.4 is 15.4 Å². The molecule has 230 valence electrons. The summed E-state index contributed by atoms with van der Waals surface area (Å²) < 4.78 is 43.2. The number of morpholine rings is 1. The van der Waals surface area contributed by atoms with Crippen LogP contribution in [0.5, 0.6) is 0 Å². The van der Waals surface area contributed by atoms with Crippen LogP contribution in [0.3, 0.4) is 0 Å². The van der Waals surface area contributed by atoms with Crippen molar-refractivity contribution in [1.82, 2.24) is 15.0 Å². The van der Waals surface area contributed by atoms with Crippen molar-refractivity contribution >= 4 is 33.6 Å². The Morgan fingerprint density at radius 3 is 2.57 bits per heavy atom.